The second-order valence-electron chi connectivity index (χ2n) is 5.29. The molecule has 0 saturated heterocycles. The van der Waals surface area contributed by atoms with Gasteiger partial charge in [-0.3, -0.25) is 0 Å². The summed E-state index contributed by atoms with van der Waals surface area (Å²) in [6, 6.07) is 4.60. The van der Waals surface area contributed by atoms with E-state index in [1.165, 1.54) is 37.0 Å². The quantitative estimate of drug-likeness (QED) is 0.829. The van der Waals surface area contributed by atoms with Crippen LogP contribution in [-0.2, 0) is 0 Å². The molecule has 3 rings (SSSR count). The summed E-state index contributed by atoms with van der Waals surface area (Å²) in [5.74, 6) is 3.00. The fourth-order valence-electron chi connectivity index (χ4n) is 3.61. The van der Waals surface area contributed by atoms with Gasteiger partial charge >= 0.3 is 0 Å². The van der Waals surface area contributed by atoms with Crippen LogP contribution in [0.2, 0.25) is 0 Å². The molecule has 1 aromatic rings. The molecule has 2 fully saturated rings. The van der Waals surface area contributed by atoms with Gasteiger partial charge in [-0.1, -0.05) is 12.5 Å². The van der Waals surface area contributed by atoms with E-state index < -0.39 is 0 Å². The molecule has 15 heavy (non-hydrogen) atoms. The molecule has 2 aliphatic carbocycles. The van der Waals surface area contributed by atoms with Crippen LogP contribution in [0.3, 0.4) is 0 Å². The number of rotatable bonds is 3. The molecule has 0 aliphatic heterocycles. The maximum atomic E-state index is 6.26. The molecular formula is C13H19NS. The molecule has 2 aliphatic rings. The Labute approximate surface area is 95.7 Å². The third-order valence-corrected chi connectivity index (χ3v) is 5.35. The lowest BCUT2D eigenvalue weighted by Gasteiger charge is -2.24. The van der Waals surface area contributed by atoms with E-state index in [0.717, 1.165) is 17.8 Å². The monoisotopic (exact) mass is 221 g/mol. The van der Waals surface area contributed by atoms with Gasteiger partial charge in [0.05, 0.1) is 0 Å². The van der Waals surface area contributed by atoms with E-state index in [4.69, 9.17) is 5.73 Å². The summed E-state index contributed by atoms with van der Waals surface area (Å²) in [6.07, 6.45) is 7.16. The highest BCUT2D eigenvalue weighted by Crippen LogP contribution is 2.50. The SMILES string of the molecule is NC(CC1CC2CCC1C2)c1cccs1. The van der Waals surface area contributed by atoms with Crippen LogP contribution in [0.25, 0.3) is 0 Å². The maximum Gasteiger partial charge on any atom is 0.0392 e. The second-order valence-corrected chi connectivity index (χ2v) is 6.27. The summed E-state index contributed by atoms with van der Waals surface area (Å²) in [4.78, 5) is 1.37. The van der Waals surface area contributed by atoms with Crippen LogP contribution in [0.15, 0.2) is 17.5 Å². The lowest BCUT2D eigenvalue weighted by Crippen LogP contribution is -2.18. The smallest absolute Gasteiger partial charge is 0.0392 e. The minimum Gasteiger partial charge on any atom is -0.323 e. The fourth-order valence-corrected chi connectivity index (χ4v) is 4.35. The Morgan fingerprint density at radius 3 is 2.93 bits per heavy atom. The van der Waals surface area contributed by atoms with Crippen LogP contribution in [0.5, 0.6) is 0 Å². The first-order chi connectivity index (χ1) is 7.33. The van der Waals surface area contributed by atoms with Gasteiger partial charge in [-0.15, -0.1) is 11.3 Å². The van der Waals surface area contributed by atoms with Crippen molar-refractivity contribution in [2.75, 3.05) is 0 Å². The van der Waals surface area contributed by atoms with Crippen molar-refractivity contribution in [2.45, 2.75) is 38.1 Å². The first-order valence-corrected chi connectivity index (χ1v) is 7.00. The first-order valence-electron chi connectivity index (χ1n) is 6.12. The first kappa shape index (κ1) is 9.86. The van der Waals surface area contributed by atoms with Gasteiger partial charge in [0.1, 0.15) is 0 Å². The number of hydrogen-bond acceptors (Lipinski definition) is 2. The second kappa shape index (κ2) is 3.91. The Kier molecular flexibility index (Phi) is 2.57. The van der Waals surface area contributed by atoms with Gasteiger partial charge < -0.3 is 5.73 Å². The van der Waals surface area contributed by atoms with Crippen molar-refractivity contribution in [3.8, 4) is 0 Å². The molecule has 1 heterocycles. The minimum absolute atomic E-state index is 0.300. The van der Waals surface area contributed by atoms with E-state index in [9.17, 15) is 0 Å². The van der Waals surface area contributed by atoms with Crippen LogP contribution in [0, 0.1) is 17.8 Å². The van der Waals surface area contributed by atoms with E-state index in [1.807, 2.05) is 11.3 Å². The molecule has 1 nitrogen and oxygen atoms in total. The third-order valence-electron chi connectivity index (χ3n) is 4.35. The van der Waals surface area contributed by atoms with Crippen molar-refractivity contribution in [2.24, 2.45) is 23.5 Å². The topological polar surface area (TPSA) is 26.0 Å². The van der Waals surface area contributed by atoms with Gasteiger partial charge in [-0.25, -0.2) is 0 Å². The number of hydrogen-bond donors (Lipinski definition) is 1. The molecule has 0 aromatic carbocycles. The van der Waals surface area contributed by atoms with E-state index >= 15 is 0 Å². The van der Waals surface area contributed by atoms with Crippen LogP contribution in [-0.4, -0.2) is 0 Å². The van der Waals surface area contributed by atoms with Gasteiger partial charge in [0.2, 0.25) is 0 Å². The van der Waals surface area contributed by atoms with Crippen molar-refractivity contribution in [1.29, 1.82) is 0 Å². The number of nitrogens with two attached hydrogens (primary N) is 1. The average Bonchev–Trinajstić information content (AvgIpc) is 2.95. The van der Waals surface area contributed by atoms with Gasteiger partial charge in [0.15, 0.2) is 0 Å². The number of fused-ring (bicyclic) bond motifs is 2. The zero-order valence-corrected chi connectivity index (χ0v) is 9.88. The molecule has 2 heteroatoms. The molecule has 1 aromatic heterocycles. The lowest BCUT2D eigenvalue weighted by molar-refractivity contribution is 0.297. The van der Waals surface area contributed by atoms with Gasteiger partial charge in [-0.2, -0.15) is 0 Å². The Morgan fingerprint density at radius 2 is 2.33 bits per heavy atom. The number of thiophene rings is 1. The predicted molar refractivity (Wildman–Crippen MR) is 64.8 cm³/mol. The molecule has 82 valence electrons. The third kappa shape index (κ3) is 1.85. The highest BCUT2D eigenvalue weighted by atomic mass is 32.1. The standard InChI is InChI=1S/C13H19NS/c14-12(13-2-1-5-15-13)8-11-7-9-3-4-10(11)6-9/h1-2,5,9-12H,3-4,6-8,14H2. The zero-order valence-electron chi connectivity index (χ0n) is 9.06. The van der Waals surface area contributed by atoms with Crippen molar-refractivity contribution < 1.29 is 0 Å². The minimum atomic E-state index is 0.300. The van der Waals surface area contributed by atoms with Crippen LogP contribution < -0.4 is 5.73 Å². The molecule has 2 saturated carbocycles. The fraction of sp³-hybridized carbons (Fsp3) is 0.692. The van der Waals surface area contributed by atoms with Crippen LogP contribution >= 0.6 is 11.3 Å². The van der Waals surface area contributed by atoms with Gasteiger partial charge in [0, 0.05) is 10.9 Å². The molecular weight excluding hydrogens is 202 g/mol. The largest absolute Gasteiger partial charge is 0.323 e. The van der Waals surface area contributed by atoms with E-state index in [0.29, 0.717) is 6.04 Å². The summed E-state index contributed by atoms with van der Waals surface area (Å²) in [7, 11) is 0. The van der Waals surface area contributed by atoms with Gasteiger partial charge in [-0.05, 0) is 54.9 Å². The summed E-state index contributed by atoms with van der Waals surface area (Å²) < 4.78 is 0. The van der Waals surface area contributed by atoms with Crippen molar-refractivity contribution in [3.05, 3.63) is 22.4 Å². The van der Waals surface area contributed by atoms with Crippen LogP contribution in [0.1, 0.15) is 43.0 Å². The van der Waals surface area contributed by atoms with Crippen molar-refractivity contribution in [3.63, 3.8) is 0 Å². The van der Waals surface area contributed by atoms with E-state index in [-0.39, 0.29) is 0 Å². The zero-order chi connectivity index (χ0) is 10.3. The predicted octanol–water partition coefficient (Wildman–Crippen LogP) is 3.57. The Balaban J connectivity index is 1.62. The van der Waals surface area contributed by atoms with E-state index in [1.54, 1.807) is 0 Å². The van der Waals surface area contributed by atoms with Crippen molar-refractivity contribution in [1.82, 2.24) is 0 Å². The highest BCUT2D eigenvalue weighted by Gasteiger charge is 2.39. The molecule has 2 N–H and O–H groups in total. The Bertz CT molecular complexity index is 319. The highest BCUT2D eigenvalue weighted by molar-refractivity contribution is 7.10. The molecule has 0 radical (unpaired) electrons. The summed E-state index contributed by atoms with van der Waals surface area (Å²) >= 11 is 1.81. The molecule has 2 bridgehead atoms. The lowest BCUT2D eigenvalue weighted by atomic mass is 9.84. The Morgan fingerprint density at radius 1 is 1.40 bits per heavy atom. The van der Waals surface area contributed by atoms with Gasteiger partial charge in [0.25, 0.3) is 0 Å². The summed E-state index contributed by atoms with van der Waals surface area (Å²) in [5.41, 5.74) is 6.26. The van der Waals surface area contributed by atoms with Crippen LogP contribution in [0.4, 0.5) is 0 Å². The van der Waals surface area contributed by atoms with Crippen molar-refractivity contribution >= 4 is 11.3 Å². The Hall–Kier alpha value is -0.340. The molecule has 4 unspecified atom stereocenters. The summed E-state index contributed by atoms with van der Waals surface area (Å²) in [5, 5.41) is 2.13. The van der Waals surface area contributed by atoms with E-state index in [2.05, 4.69) is 17.5 Å². The molecule has 0 spiro atoms. The average molecular weight is 221 g/mol. The normalized spacial score (nSPS) is 35.9. The molecule has 4 atom stereocenters. The molecule has 0 amide bonds. The maximum absolute atomic E-state index is 6.26. The summed E-state index contributed by atoms with van der Waals surface area (Å²) in [6.45, 7) is 0.